The Hall–Kier alpha value is -1.03. The van der Waals surface area contributed by atoms with E-state index in [1.807, 2.05) is 0 Å². The first-order chi connectivity index (χ1) is 9.59. The highest BCUT2D eigenvalue weighted by atomic mass is 32.2. The molecule has 3 N–H and O–H groups in total. The molecular weight excluding hydrogens is 332 g/mol. The Kier molecular flexibility index (Phi) is 6.26. The molecule has 0 aromatic heterocycles. The zero-order valence-electron chi connectivity index (χ0n) is 11.6. The minimum Gasteiger partial charge on any atom is -0.389 e. The Bertz CT molecular complexity index is 712. The van der Waals surface area contributed by atoms with Gasteiger partial charge in [0.2, 0.25) is 10.0 Å². The summed E-state index contributed by atoms with van der Waals surface area (Å²) in [6.45, 7) is 0.0877. The Balaban J connectivity index is 2.60. The van der Waals surface area contributed by atoms with E-state index < -0.39 is 19.9 Å². The van der Waals surface area contributed by atoms with Crippen LogP contribution in [0.4, 0.5) is 0 Å². The van der Waals surface area contributed by atoms with Crippen LogP contribution in [0.15, 0.2) is 24.3 Å². The smallest absolute Gasteiger partial charge is 0.215 e. The van der Waals surface area contributed by atoms with E-state index in [2.05, 4.69) is 4.72 Å². The lowest BCUT2D eigenvalue weighted by molar-refractivity contribution is 0.576. The molecule has 0 heterocycles. The molecule has 0 saturated heterocycles. The van der Waals surface area contributed by atoms with E-state index in [0.717, 1.165) is 6.26 Å². The van der Waals surface area contributed by atoms with Crippen molar-refractivity contribution in [2.75, 3.05) is 18.6 Å². The monoisotopic (exact) mass is 350 g/mol. The Labute approximate surface area is 130 Å². The van der Waals surface area contributed by atoms with Crippen LogP contribution in [0.1, 0.15) is 17.5 Å². The molecule has 0 saturated carbocycles. The zero-order valence-corrected chi connectivity index (χ0v) is 14.0. The lowest BCUT2D eigenvalue weighted by Gasteiger charge is -2.07. The van der Waals surface area contributed by atoms with Crippen LogP contribution in [-0.2, 0) is 25.6 Å². The van der Waals surface area contributed by atoms with Crippen molar-refractivity contribution in [1.82, 2.24) is 4.72 Å². The van der Waals surface area contributed by atoms with Crippen LogP contribution in [0.5, 0.6) is 0 Å². The number of rotatable bonds is 8. The Morgan fingerprint density at radius 3 is 2.52 bits per heavy atom. The minimum absolute atomic E-state index is 0.0492. The van der Waals surface area contributed by atoms with Crippen molar-refractivity contribution in [3.05, 3.63) is 35.4 Å². The lowest BCUT2D eigenvalue weighted by atomic mass is 10.1. The molecule has 0 amide bonds. The fourth-order valence-electron chi connectivity index (χ4n) is 1.65. The van der Waals surface area contributed by atoms with Crippen LogP contribution in [0.2, 0.25) is 0 Å². The first-order valence-corrected chi connectivity index (χ1v) is 10.2. The molecule has 21 heavy (non-hydrogen) atoms. The summed E-state index contributed by atoms with van der Waals surface area (Å²) in [5, 5.41) is 0. The maximum absolute atomic E-state index is 11.9. The van der Waals surface area contributed by atoms with Crippen LogP contribution < -0.4 is 10.5 Å². The molecule has 0 unspecified atom stereocenters. The van der Waals surface area contributed by atoms with Crippen LogP contribution in [0, 0.1) is 0 Å². The van der Waals surface area contributed by atoms with Gasteiger partial charge in [-0.15, -0.1) is 0 Å². The van der Waals surface area contributed by atoms with Gasteiger partial charge in [0.05, 0.1) is 11.5 Å². The van der Waals surface area contributed by atoms with E-state index in [-0.39, 0.29) is 29.5 Å². The van der Waals surface area contributed by atoms with Gasteiger partial charge in [-0.05, 0) is 18.1 Å². The number of thiocarbonyl (C=S) groups is 1. The highest BCUT2D eigenvalue weighted by Crippen LogP contribution is 2.08. The number of sulfone groups is 1. The van der Waals surface area contributed by atoms with Gasteiger partial charge < -0.3 is 5.73 Å². The normalized spacial score (nSPS) is 12.2. The molecule has 1 aromatic carbocycles. The largest absolute Gasteiger partial charge is 0.389 e. The second-order valence-corrected chi connectivity index (χ2v) is 9.21. The number of benzene rings is 1. The predicted octanol–water partition coefficient (Wildman–Crippen LogP) is 0.175. The van der Waals surface area contributed by atoms with E-state index in [4.69, 9.17) is 18.0 Å². The fourth-order valence-corrected chi connectivity index (χ4v) is 3.62. The SMILES string of the molecule is CS(=O)(=O)CCCNS(=O)(=O)Cc1cccc(C(N)=S)c1. The molecule has 9 heteroatoms. The fraction of sp³-hybridized carbons (Fsp3) is 0.417. The van der Waals surface area contributed by atoms with E-state index in [0.29, 0.717) is 11.1 Å². The van der Waals surface area contributed by atoms with Gasteiger partial charge in [-0.1, -0.05) is 30.4 Å². The van der Waals surface area contributed by atoms with Crippen molar-refractivity contribution in [1.29, 1.82) is 0 Å². The highest BCUT2D eigenvalue weighted by Gasteiger charge is 2.12. The number of nitrogens with one attached hydrogen (secondary N) is 1. The molecule has 1 aromatic rings. The lowest BCUT2D eigenvalue weighted by Crippen LogP contribution is -2.27. The second-order valence-electron chi connectivity index (χ2n) is 4.70. The zero-order chi connectivity index (χ0) is 16.1. The van der Waals surface area contributed by atoms with Crippen molar-refractivity contribution < 1.29 is 16.8 Å². The van der Waals surface area contributed by atoms with Gasteiger partial charge >= 0.3 is 0 Å². The number of hydrogen-bond acceptors (Lipinski definition) is 5. The maximum Gasteiger partial charge on any atom is 0.215 e. The van der Waals surface area contributed by atoms with Crippen molar-refractivity contribution >= 4 is 37.1 Å². The molecule has 6 nitrogen and oxygen atoms in total. The number of sulfonamides is 1. The van der Waals surface area contributed by atoms with Gasteiger partial charge in [0.25, 0.3) is 0 Å². The summed E-state index contributed by atoms with van der Waals surface area (Å²) >= 11 is 4.84. The van der Waals surface area contributed by atoms with Crippen molar-refractivity contribution in [2.45, 2.75) is 12.2 Å². The molecule has 0 aliphatic heterocycles. The molecule has 1 rings (SSSR count). The summed E-state index contributed by atoms with van der Waals surface area (Å²) in [5.74, 6) is -0.255. The quantitative estimate of drug-likeness (QED) is 0.511. The van der Waals surface area contributed by atoms with Crippen LogP contribution in [-0.4, -0.2) is 40.4 Å². The molecule has 0 fully saturated rings. The molecule has 118 valence electrons. The van der Waals surface area contributed by atoms with E-state index in [1.54, 1.807) is 24.3 Å². The summed E-state index contributed by atoms with van der Waals surface area (Å²) in [6, 6.07) is 6.68. The summed E-state index contributed by atoms with van der Waals surface area (Å²) in [7, 11) is -6.60. The Morgan fingerprint density at radius 2 is 1.95 bits per heavy atom. The molecule has 0 radical (unpaired) electrons. The number of hydrogen-bond donors (Lipinski definition) is 2. The molecule has 0 spiro atoms. The standard InChI is InChI=1S/C12H18N2O4S3/c1-20(15,16)7-3-6-14-21(17,18)9-10-4-2-5-11(8-10)12(13)19/h2,4-5,8,14H,3,6-7,9H2,1H3,(H2,13,19). The van der Waals surface area contributed by atoms with Crippen LogP contribution in [0.3, 0.4) is 0 Å². The molecule has 0 aliphatic carbocycles. The second kappa shape index (κ2) is 7.30. The van der Waals surface area contributed by atoms with Crippen LogP contribution >= 0.6 is 12.2 Å². The predicted molar refractivity (Wildman–Crippen MR) is 87.3 cm³/mol. The summed E-state index contributed by atoms with van der Waals surface area (Å²) < 4.78 is 48.0. The van der Waals surface area contributed by atoms with Crippen LogP contribution in [0.25, 0.3) is 0 Å². The summed E-state index contributed by atoms with van der Waals surface area (Å²) in [4.78, 5) is 0.204. The van der Waals surface area contributed by atoms with E-state index >= 15 is 0 Å². The Morgan fingerprint density at radius 1 is 1.29 bits per heavy atom. The van der Waals surface area contributed by atoms with Gasteiger partial charge in [0.1, 0.15) is 14.8 Å². The van der Waals surface area contributed by atoms with Crippen molar-refractivity contribution in [3.8, 4) is 0 Å². The minimum atomic E-state index is -3.52. The maximum atomic E-state index is 11.9. The first-order valence-electron chi connectivity index (χ1n) is 6.13. The van der Waals surface area contributed by atoms with Crippen molar-refractivity contribution in [2.24, 2.45) is 5.73 Å². The molecular formula is C12H18N2O4S3. The third kappa shape index (κ3) is 7.51. The summed E-state index contributed by atoms with van der Waals surface area (Å²) in [5.41, 5.74) is 6.67. The van der Waals surface area contributed by atoms with Crippen molar-refractivity contribution in [3.63, 3.8) is 0 Å². The van der Waals surface area contributed by atoms with Gasteiger partial charge in [0, 0.05) is 18.4 Å². The third-order valence-corrected chi connectivity index (χ3v) is 5.21. The number of nitrogens with two attached hydrogens (primary N) is 1. The average molecular weight is 350 g/mol. The molecule has 0 bridgehead atoms. The van der Waals surface area contributed by atoms with E-state index in [9.17, 15) is 16.8 Å². The van der Waals surface area contributed by atoms with E-state index in [1.165, 1.54) is 0 Å². The summed E-state index contributed by atoms with van der Waals surface area (Å²) in [6.07, 6.45) is 1.35. The van der Waals surface area contributed by atoms with Gasteiger partial charge in [-0.3, -0.25) is 0 Å². The highest BCUT2D eigenvalue weighted by molar-refractivity contribution is 7.90. The average Bonchev–Trinajstić information content (AvgIpc) is 2.33. The molecule has 0 atom stereocenters. The van der Waals surface area contributed by atoms with Gasteiger partial charge in [0.15, 0.2) is 0 Å². The first kappa shape index (κ1) is 18.0. The molecule has 0 aliphatic rings. The third-order valence-electron chi connectivity index (χ3n) is 2.58. The van der Waals surface area contributed by atoms with Gasteiger partial charge in [-0.25, -0.2) is 21.6 Å². The topological polar surface area (TPSA) is 106 Å². The van der Waals surface area contributed by atoms with Gasteiger partial charge in [-0.2, -0.15) is 0 Å².